The summed E-state index contributed by atoms with van der Waals surface area (Å²) in [4.78, 5) is 27.9. The monoisotopic (exact) mass is 639 g/mol. The molecule has 0 saturated carbocycles. The molecule has 0 aliphatic heterocycles. The third-order valence-electron chi connectivity index (χ3n) is 6.76. The molecule has 11 heteroatoms. The molecule has 1 atom stereocenters. The zero-order valence-electron chi connectivity index (χ0n) is 23.8. The number of halogens is 2. The Balaban J connectivity index is 1.71. The fraction of sp³-hybridized carbons (Fsp3) is 0.188. The standard InChI is InChI=1S/C32H31Cl2N3O5S/c1-22-9-17-29(18-10-22)43(40,41)37(26-13-15-28(16-14-26)42-27-7-5-4-6-8-27)21-31(38)36(23(2)32(39)35-3)20-24-11-12-25(33)19-30(24)34/h4-19,23H,20-21H2,1-3H3,(H,35,39)/t23-/m0/s1. The van der Waals surface area contributed by atoms with Gasteiger partial charge in [0.25, 0.3) is 10.0 Å². The second-order valence-electron chi connectivity index (χ2n) is 9.78. The minimum absolute atomic E-state index is 0.0159. The van der Waals surface area contributed by atoms with Crippen molar-refractivity contribution in [2.45, 2.75) is 31.3 Å². The summed E-state index contributed by atoms with van der Waals surface area (Å²) in [6, 6.07) is 25.8. The van der Waals surface area contributed by atoms with Crippen LogP contribution in [0.1, 0.15) is 18.1 Å². The minimum atomic E-state index is -4.21. The van der Waals surface area contributed by atoms with Gasteiger partial charge in [-0.2, -0.15) is 0 Å². The first-order chi connectivity index (χ1) is 20.5. The summed E-state index contributed by atoms with van der Waals surface area (Å²) in [5, 5.41) is 3.28. The number of ether oxygens (including phenoxy) is 1. The van der Waals surface area contributed by atoms with E-state index in [0.717, 1.165) is 9.87 Å². The fourth-order valence-electron chi connectivity index (χ4n) is 4.30. The van der Waals surface area contributed by atoms with Crippen molar-refractivity contribution in [3.63, 3.8) is 0 Å². The lowest BCUT2D eigenvalue weighted by Gasteiger charge is -2.32. The number of para-hydroxylation sites is 1. The van der Waals surface area contributed by atoms with E-state index < -0.39 is 34.4 Å². The van der Waals surface area contributed by atoms with Gasteiger partial charge < -0.3 is 15.0 Å². The molecule has 2 amide bonds. The average molecular weight is 641 g/mol. The molecule has 0 heterocycles. The molecule has 0 saturated heterocycles. The van der Waals surface area contributed by atoms with Gasteiger partial charge in [-0.15, -0.1) is 0 Å². The average Bonchev–Trinajstić information content (AvgIpc) is 3.00. The number of anilines is 1. The van der Waals surface area contributed by atoms with Crippen LogP contribution in [0.15, 0.2) is 102 Å². The Kier molecular flexibility index (Phi) is 10.3. The SMILES string of the molecule is CNC(=O)[C@H](C)N(Cc1ccc(Cl)cc1Cl)C(=O)CN(c1ccc(Oc2ccccc2)cc1)S(=O)(=O)c1ccc(C)cc1. The molecule has 0 bridgehead atoms. The van der Waals surface area contributed by atoms with Gasteiger partial charge in [0.1, 0.15) is 24.1 Å². The zero-order chi connectivity index (χ0) is 31.1. The summed E-state index contributed by atoms with van der Waals surface area (Å²) in [5.74, 6) is 0.0756. The molecule has 0 aromatic heterocycles. The van der Waals surface area contributed by atoms with Gasteiger partial charge in [-0.3, -0.25) is 13.9 Å². The van der Waals surface area contributed by atoms with Gasteiger partial charge >= 0.3 is 0 Å². The van der Waals surface area contributed by atoms with Crippen LogP contribution in [0.3, 0.4) is 0 Å². The van der Waals surface area contributed by atoms with E-state index in [1.54, 1.807) is 73.7 Å². The van der Waals surface area contributed by atoms with Crippen LogP contribution in [0.4, 0.5) is 5.69 Å². The second kappa shape index (κ2) is 13.9. The second-order valence-corrected chi connectivity index (χ2v) is 12.5. The van der Waals surface area contributed by atoms with E-state index >= 15 is 0 Å². The third-order valence-corrected chi connectivity index (χ3v) is 9.14. The molecular weight excluding hydrogens is 609 g/mol. The number of aryl methyl sites for hydroxylation is 1. The van der Waals surface area contributed by atoms with Gasteiger partial charge in [-0.25, -0.2) is 8.42 Å². The number of hydrogen-bond donors (Lipinski definition) is 1. The molecule has 0 unspecified atom stereocenters. The Morgan fingerprint density at radius 1 is 0.884 bits per heavy atom. The van der Waals surface area contributed by atoms with Crippen LogP contribution in [0.2, 0.25) is 10.0 Å². The zero-order valence-corrected chi connectivity index (χ0v) is 26.2. The van der Waals surface area contributed by atoms with Crippen molar-refractivity contribution < 1.29 is 22.7 Å². The molecule has 0 fully saturated rings. The summed E-state index contributed by atoms with van der Waals surface area (Å²) < 4.78 is 34.9. The first kappa shape index (κ1) is 31.9. The smallest absolute Gasteiger partial charge is 0.264 e. The van der Waals surface area contributed by atoms with Crippen LogP contribution >= 0.6 is 23.2 Å². The van der Waals surface area contributed by atoms with Gasteiger partial charge in [0.2, 0.25) is 11.8 Å². The van der Waals surface area contributed by atoms with Crippen molar-refractivity contribution in [2.75, 3.05) is 17.9 Å². The van der Waals surface area contributed by atoms with E-state index in [4.69, 9.17) is 27.9 Å². The van der Waals surface area contributed by atoms with E-state index in [1.807, 2.05) is 25.1 Å². The maximum Gasteiger partial charge on any atom is 0.264 e. The van der Waals surface area contributed by atoms with Crippen molar-refractivity contribution in [2.24, 2.45) is 0 Å². The molecule has 4 rings (SSSR count). The summed E-state index contributed by atoms with van der Waals surface area (Å²) >= 11 is 12.4. The van der Waals surface area contributed by atoms with Gasteiger partial charge in [-0.1, -0.05) is 65.2 Å². The molecule has 8 nitrogen and oxygen atoms in total. The lowest BCUT2D eigenvalue weighted by Crippen LogP contribution is -2.50. The minimum Gasteiger partial charge on any atom is -0.457 e. The van der Waals surface area contributed by atoms with Crippen molar-refractivity contribution in [1.82, 2.24) is 10.2 Å². The lowest BCUT2D eigenvalue weighted by molar-refractivity contribution is -0.139. The number of rotatable bonds is 11. The number of amides is 2. The fourth-order valence-corrected chi connectivity index (χ4v) is 6.18. The van der Waals surface area contributed by atoms with Crippen LogP contribution < -0.4 is 14.4 Å². The Hall–Kier alpha value is -4.05. The number of nitrogens with zero attached hydrogens (tertiary/aromatic N) is 2. The molecule has 4 aromatic rings. The normalized spacial score (nSPS) is 11.8. The Bertz CT molecular complexity index is 1680. The number of likely N-dealkylation sites (N-methyl/N-ethyl adjacent to an activating group) is 1. The van der Waals surface area contributed by atoms with Gasteiger partial charge in [0.15, 0.2) is 0 Å². The Labute approximate surface area is 261 Å². The van der Waals surface area contributed by atoms with Crippen molar-refractivity contribution in [3.8, 4) is 11.5 Å². The Morgan fingerprint density at radius 2 is 1.51 bits per heavy atom. The molecular formula is C32H31Cl2N3O5S. The summed E-state index contributed by atoms with van der Waals surface area (Å²) in [6.45, 7) is 2.78. The van der Waals surface area contributed by atoms with Gasteiger partial charge in [0.05, 0.1) is 10.6 Å². The van der Waals surface area contributed by atoms with Gasteiger partial charge in [-0.05, 0) is 80.1 Å². The highest BCUT2D eigenvalue weighted by atomic mass is 35.5. The number of benzene rings is 4. The lowest BCUT2D eigenvalue weighted by atomic mass is 10.1. The molecule has 0 radical (unpaired) electrons. The molecule has 4 aromatic carbocycles. The quantitative estimate of drug-likeness (QED) is 0.203. The summed E-state index contributed by atoms with van der Waals surface area (Å²) in [5.41, 5.74) is 1.67. The predicted octanol–water partition coefficient (Wildman–Crippen LogP) is 6.45. The van der Waals surface area contributed by atoms with Crippen molar-refractivity contribution in [3.05, 3.63) is 118 Å². The molecule has 0 aliphatic rings. The summed E-state index contributed by atoms with van der Waals surface area (Å²) in [7, 11) is -2.75. The maximum atomic E-state index is 14.0. The van der Waals surface area contributed by atoms with E-state index in [-0.39, 0.29) is 17.1 Å². The van der Waals surface area contributed by atoms with Crippen molar-refractivity contribution >= 4 is 50.7 Å². The van der Waals surface area contributed by atoms with E-state index in [0.29, 0.717) is 27.1 Å². The number of hydrogen-bond acceptors (Lipinski definition) is 5. The topological polar surface area (TPSA) is 96.0 Å². The summed E-state index contributed by atoms with van der Waals surface area (Å²) in [6.07, 6.45) is 0. The molecule has 0 spiro atoms. The van der Waals surface area contributed by atoms with E-state index in [2.05, 4.69) is 5.32 Å². The molecule has 43 heavy (non-hydrogen) atoms. The van der Waals surface area contributed by atoms with Crippen LogP contribution in [-0.4, -0.2) is 44.8 Å². The highest BCUT2D eigenvalue weighted by Gasteiger charge is 2.32. The number of sulfonamides is 1. The molecule has 0 aliphatic carbocycles. The largest absolute Gasteiger partial charge is 0.457 e. The first-order valence-electron chi connectivity index (χ1n) is 13.4. The Morgan fingerprint density at radius 3 is 2.12 bits per heavy atom. The molecule has 224 valence electrons. The third kappa shape index (κ3) is 7.87. The van der Waals surface area contributed by atoms with E-state index in [9.17, 15) is 18.0 Å². The molecule has 1 N–H and O–H groups in total. The number of nitrogens with one attached hydrogen (secondary N) is 1. The van der Waals surface area contributed by atoms with Crippen LogP contribution in [-0.2, 0) is 26.2 Å². The van der Waals surface area contributed by atoms with E-state index in [1.165, 1.54) is 24.1 Å². The number of carbonyl (C=O) groups is 2. The highest BCUT2D eigenvalue weighted by Crippen LogP contribution is 2.29. The predicted molar refractivity (Wildman–Crippen MR) is 169 cm³/mol. The van der Waals surface area contributed by atoms with Crippen LogP contribution in [0.5, 0.6) is 11.5 Å². The number of carbonyl (C=O) groups excluding carboxylic acids is 2. The van der Waals surface area contributed by atoms with Crippen LogP contribution in [0, 0.1) is 6.92 Å². The van der Waals surface area contributed by atoms with Crippen LogP contribution in [0.25, 0.3) is 0 Å². The van der Waals surface area contributed by atoms with Gasteiger partial charge in [0, 0.05) is 23.6 Å². The van der Waals surface area contributed by atoms with Crippen molar-refractivity contribution in [1.29, 1.82) is 0 Å². The maximum absolute atomic E-state index is 14.0. The highest BCUT2D eigenvalue weighted by molar-refractivity contribution is 7.92. The first-order valence-corrected chi connectivity index (χ1v) is 15.6.